The van der Waals surface area contributed by atoms with Gasteiger partial charge in [-0.25, -0.2) is 0 Å². The van der Waals surface area contributed by atoms with Crippen LogP contribution in [-0.4, -0.2) is 26.0 Å². The van der Waals surface area contributed by atoms with Crippen molar-refractivity contribution in [2.45, 2.75) is 0 Å². The molecule has 2 aromatic heterocycles. The van der Waals surface area contributed by atoms with Gasteiger partial charge in [0.25, 0.3) is 0 Å². The molecule has 0 amide bonds. The molecule has 0 aliphatic heterocycles. The molecule has 0 fully saturated rings. The van der Waals surface area contributed by atoms with Crippen molar-refractivity contribution in [1.29, 1.82) is 0 Å². The fourth-order valence-electron chi connectivity index (χ4n) is 1.71. The SMILES string of the molecule is O=C([O-])c1cc2ccc(Cl)cc2n2nnnc12.[K+]. The Morgan fingerprint density at radius 1 is 1.33 bits per heavy atom. The maximum absolute atomic E-state index is 11.0. The zero-order valence-corrected chi connectivity index (χ0v) is 13.2. The molecule has 18 heavy (non-hydrogen) atoms. The molecule has 0 atom stereocenters. The average molecular weight is 287 g/mol. The maximum atomic E-state index is 11.0. The number of aromatic nitrogens is 4. The van der Waals surface area contributed by atoms with Crippen molar-refractivity contribution in [2.24, 2.45) is 0 Å². The number of rotatable bonds is 1. The molecule has 84 valence electrons. The van der Waals surface area contributed by atoms with Crippen LogP contribution in [0.1, 0.15) is 10.4 Å². The van der Waals surface area contributed by atoms with Crippen LogP contribution in [0.2, 0.25) is 5.02 Å². The molecule has 0 bridgehead atoms. The van der Waals surface area contributed by atoms with Crippen molar-refractivity contribution >= 4 is 34.1 Å². The first kappa shape index (κ1) is 13.8. The Bertz CT molecular complexity index is 758. The Morgan fingerprint density at radius 3 is 2.83 bits per heavy atom. The third-order valence-corrected chi connectivity index (χ3v) is 2.69. The molecule has 0 saturated heterocycles. The number of carbonyl (C=O) groups is 1. The summed E-state index contributed by atoms with van der Waals surface area (Å²) in [7, 11) is 0. The molecule has 3 rings (SSSR count). The van der Waals surface area contributed by atoms with Gasteiger partial charge in [-0.2, -0.15) is 4.52 Å². The minimum atomic E-state index is -1.32. The van der Waals surface area contributed by atoms with Gasteiger partial charge in [0, 0.05) is 16.0 Å². The second kappa shape index (κ2) is 5.20. The predicted octanol–water partition coefficient (Wildman–Crippen LogP) is -2.70. The van der Waals surface area contributed by atoms with Crippen LogP contribution in [0.15, 0.2) is 24.3 Å². The number of carboxylic acids is 1. The topological polar surface area (TPSA) is 83.2 Å². The summed E-state index contributed by atoms with van der Waals surface area (Å²) >= 11 is 5.88. The Labute approximate surface area is 148 Å². The summed E-state index contributed by atoms with van der Waals surface area (Å²) in [5.41, 5.74) is 0.729. The van der Waals surface area contributed by atoms with E-state index in [1.807, 2.05) is 0 Å². The van der Waals surface area contributed by atoms with Crippen molar-refractivity contribution < 1.29 is 61.3 Å². The summed E-state index contributed by atoms with van der Waals surface area (Å²) in [6.45, 7) is 0. The van der Waals surface area contributed by atoms with Crippen molar-refractivity contribution in [3.05, 3.63) is 34.9 Å². The monoisotopic (exact) mass is 286 g/mol. The van der Waals surface area contributed by atoms with Gasteiger partial charge >= 0.3 is 51.4 Å². The van der Waals surface area contributed by atoms with E-state index >= 15 is 0 Å². The standard InChI is InChI=1S/C10H5ClN4O2.K/c11-6-2-1-5-3-7(10(16)17)9-12-13-14-15(9)8(5)4-6;/h1-4H,(H,16,17);/q;+1/p-1. The van der Waals surface area contributed by atoms with E-state index in [2.05, 4.69) is 15.5 Å². The van der Waals surface area contributed by atoms with Gasteiger partial charge in [-0.15, -0.1) is 5.10 Å². The van der Waals surface area contributed by atoms with Gasteiger partial charge < -0.3 is 9.90 Å². The zero-order valence-electron chi connectivity index (χ0n) is 9.29. The molecule has 0 unspecified atom stereocenters. The normalized spacial score (nSPS) is 10.5. The number of carbonyl (C=O) groups excluding carboxylic acids is 1. The zero-order chi connectivity index (χ0) is 12.0. The van der Waals surface area contributed by atoms with Gasteiger partial charge in [-0.1, -0.05) is 17.7 Å². The van der Waals surface area contributed by atoms with E-state index in [-0.39, 0.29) is 62.6 Å². The molecule has 6 nitrogen and oxygen atoms in total. The quantitative estimate of drug-likeness (QED) is 0.455. The minimum Gasteiger partial charge on any atom is -0.545 e. The molecule has 0 aliphatic rings. The van der Waals surface area contributed by atoms with Gasteiger partial charge in [-0.05, 0) is 28.6 Å². The molecule has 3 aromatic rings. The van der Waals surface area contributed by atoms with E-state index < -0.39 is 5.97 Å². The van der Waals surface area contributed by atoms with E-state index in [4.69, 9.17) is 11.6 Å². The second-order valence-electron chi connectivity index (χ2n) is 3.46. The first-order valence-corrected chi connectivity index (χ1v) is 5.06. The third-order valence-electron chi connectivity index (χ3n) is 2.45. The summed E-state index contributed by atoms with van der Waals surface area (Å²) in [6, 6.07) is 6.50. The van der Waals surface area contributed by atoms with E-state index in [1.165, 1.54) is 10.6 Å². The van der Waals surface area contributed by atoms with Crippen LogP contribution < -0.4 is 56.5 Å². The van der Waals surface area contributed by atoms with Crippen LogP contribution in [0.4, 0.5) is 0 Å². The van der Waals surface area contributed by atoms with Crippen LogP contribution in [0.3, 0.4) is 0 Å². The fraction of sp³-hybridized carbons (Fsp3) is 0. The molecule has 0 saturated carbocycles. The molecule has 0 N–H and O–H groups in total. The minimum absolute atomic E-state index is 0. The maximum Gasteiger partial charge on any atom is 1.00 e. The number of nitrogens with zero attached hydrogens (tertiary/aromatic N) is 4. The van der Waals surface area contributed by atoms with Gasteiger partial charge in [0.1, 0.15) is 0 Å². The van der Waals surface area contributed by atoms with E-state index in [9.17, 15) is 9.90 Å². The van der Waals surface area contributed by atoms with Crippen molar-refractivity contribution in [3.63, 3.8) is 0 Å². The molecule has 2 heterocycles. The summed E-state index contributed by atoms with van der Waals surface area (Å²) in [6.07, 6.45) is 0. The van der Waals surface area contributed by atoms with Gasteiger partial charge in [0.2, 0.25) is 0 Å². The van der Waals surface area contributed by atoms with Crippen LogP contribution in [0, 0.1) is 0 Å². The Kier molecular flexibility index (Phi) is 4.00. The smallest absolute Gasteiger partial charge is 0.545 e. The van der Waals surface area contributed by atoms with Crippen LogP contribution in [0.5, 0.6) is 0 Å². The number of fused-ring (bicyclic) bond motifs is 3. The molecule has 8 heteroatoms. The molecule has 1 aromatic carbocycles. The second-order valence-corrected chi connectivity index (χ2v) is 3.90. The number of carboxylic acid groups (broad SMARTS) is 1. The number of benzene rings is 1. The summed E-state index contributed by atoms with van der Waals surface area (Å²) in [4.78, 5) is 11.0. The predicted molar refractivity (Wildman–Crippen MR) is 57.6 cm³/mol. The molecule has 0 radical (unpaired) electrons. The van der Waals surface area contributed by atoms with Gasteiger partial charge in [-0.3, -0.25) is 0 Å². The summed E-state index contributed by atoms with van der Waals surface area (Å²) in [5, 5.41) is 23.0. The van der Waals surface area contributed by atoms with Crippen molar-refractivity contribution in [3.8, 4) is 0 Å². The molecular formula is C10H4ClKN4O2. The first-order chi connectivity index (χ1) is 8.16. The number of pyridine rings is 1. The molecular weight excluding hydrogens is 283 g/mol. The third kappa shape index (κ3) is 2.17. The fourth-order valence-corrected chi connectivity index (χ4v) is 1.88. The number of tetrazole rings is 1. The summed E-state index contributed by atoms with van der Waals surface area (Å²) in [5.74, 6) is -1.32. The number of hydrogen-bond donors (Lipinski definition) is 0. The Morgan fingerprint density at radius 2 is 2.11 bits per heavy atom. The van der Waals surface area contributed by atoms with Gasteiger partial charge in [0.15, 0.2) is 5.65 Å². The Balaban J connectivity index is 0.00000120. The number of hydrogen-bond acceptors (Lipinski definition) is 5. The van der Waals surface area contributed by atoms with Crippen LogP contribution in [0.25, 0.3) is 16.6 Å². The molecule has 0 spiro atoms. The largest absolute Gasteiger partial charge is 1.00 e. The first-order valence-electron chi connectivity index (χ1n) is 4.68. The van der Waals surface area contributed by atoms with E-state index in [1.54, 1.807) is 18.2 Å². The average Bonchev–Trinajstić information content (AvgIpc) is 2.76. The van der Waals surface area contributed by atoms with Crippen molar-refractivity contribution in [2.75, 3.05) is 0 Å². The Hall–Kier alpha value is -0.574. The van der Waals surface area contributed by atoms with Gasteiger partial charge in [0.05, 0.1) is 11.5 Å². The van der Waals surface area contributed by atoms with Crippen LogP contribution >= 0.6 is 11.6 Å². The van der Waals surface area contributed by atoms with E-state index in [0.717, 1.165) is 0 Å². The van der Waals surface area contributed by atoms with E-state index in [0.29, 0.717) is 15.9 Å². The number of aromatic carboxylic acids is 1. The number of halogens is 1. The van der Waals surface area contributed by atoms with Crippen LogP contribution in [-0.2, 0) is 0 Å². The summed E-state index contributed by atoms with van der Waals surface area (Å²) < 4.78 is 1.33. The molecule has 0 aliphatic carbocycles. The van der Waals surface area contributed by atoms with Crippen molar-refractivity contribution in [1.82, 2.24) is 20.0 Å².